The summed E-state index contributed by atoms with van der Waals surface area (Å²) in [6.45, 7) is 7.57. The highest BCUT2D eigenvalue weighted by molar-refractivity contribution is 6.32. The number of carbonyl (C=O) groups excluding carboxylic acids is 2. The van der Waals surface area contributed by atoms with Crippen LogP contribution in [0.2, 0.25) is 5.02 Å². The highest BCUT2D eigenvalue weighted by Gasteiger charge is 2.23. The summed E-state index contributed by atoms with van der Waals surface area (Å²) in [4.78, 5) is 33.4. The van der Waals surface area contributed by atoms with E-state index in [0.717, 1.165) is 59.6 Å². The molecule has 0 radical (unpaired) electrons. The number of amides is 1. The number of halogens is 1. The van der Waals surface area contributed by atoms with Crippen LogP contribution in [0.3, 0.4) is 0 Å². The van der Waals surface area contributed by atoms with Gasteiger partial charge in [0.25, 0.3) is 5.91 Å². The van der Waals surface area contributed by atoms with E-state index in [2.05, 4.69) is 29.1 Å². The Bertz CT molecular complexity index is 1740. The summed E-state index contributed by atoms with van der Waals surface area (Å²) in [5.41, 5.74) is 7.07. The van der Waals surface area contributed by atoms with Gasteiger partial charge in [0.1, 0.15) is 30.8 Å². The lowest BCUT2D eigenvalue weighted by Gasteiger charge is -2.33. The summed E-state index contributed by atoms with van der Waals surface area (Å²) >= 11 is 6.49. The first kappa shape index (κ1) is 30.7. The van der Waals surface area contributed by atoms with E-state index in [1.807, 2.05) is 49.1 Å². The third kappa shape index (κ3) is 6.75. The Labute approximate surface area is 262 Å². The van der Waals surface area contributed by atoms with Crippen LogP contribution in [0.4, 0.5) is 0 Å². The molecule has 0 spiro atoms. The number of aromatic nitrogens is 1. The maximum atomic E-state index is 13.4. The van der Waals surface area contributed by atoms with E-state index < -0.39 is 0 Å². The lowest BCUT2D eigenvalue weighted by atomic mass is 9.91. The maximum Gasteiger partial charge on any atom is 0.254 e. The van der Waals surface area contributed by atoms with Gasteiger partial charge < -0.3 is 19.3 Å². The van der Waals surface area contributed by atoms with Gasteiger partial charge in [-0.2, -0.15) is 5.26 Å². The van der Waals surface area contributed by atoms with Crippen molar-refractivity contribution in [2.75, 3.05) is 33.2 Å². The number of nitrogens with zero attached hydrogens (tertiary/aromatic N) is 4. The molecule has 3 aromatic carbocycles. The van der Waals surface area contributed by atoms with E-state index in [-0.39, 0.29) is 29.7 Å². The number of aldehydes is 1. The van der Waals surface area contributed by atoms with E-state index in [4.69, 9.17) is 26.3 Å². The van der Waals surface area contributed by atoms with Crippen LogP contribution in [0, 0.1) is 25.2 Å². The minimum atomic E-state index is 0.0649. The summed E-state index contributed by atoms with van der Waals surface area (Å²) in [7, 11) is 2.07. The van der Waals surface area contributed by atoms with E-state index in [9.17, 15) is 9.59 Å². The summed E-state index contributed by atoms with van der Waals surface area (Å²) in [6.07, 6.45) is 3.75. The molecule has 0 saturated carbocycles. The quantitative estimate of drug-likeness (QED) is 0.207. The zero-order valence-corrected chi connectivity index (χ0v) is 25.7. The lowest BCUT2D eigenvalue weighted by Crippen LogP contribution is -2.47. The second-order valence-corrected chi connectivity index (χ2v) is 11.3. The minimum Gasteiger partial charge on any atom is -0.488 e. The first-order valence-corrected chi connectivity index (χ1v) is 14.7. The number of hydrogen-bond acceptors (Lipinski definition) is 7. The summed E-state index contributed by atoms with van der Waals surface area (Å²) < 4.78 is 12.1. The molecular weight excluding hydrogens is 576 g/mol. The fourth-order valence-corrected chi connectivity index (χ4v) is 5.52. The fraction of sp³-hybridized carbons (Fsp3) is 0.257. The van der Waals surface area contributed by atoms with Gasteiger partial charge in [-0.3, -0.25) is 14.6 Å². The second-order valence-electron chi connectivity index (χ2n) is 10.9. The number of carbonyl (C=O) groups is 2. The number of likely N-dealkylation sites (N-methyl/N-ethyl adjacent to an activating group) is 1. The molecule has 9 heteroatoms. The van der Waals surface area contributed by atoms with Crippen molar-refractivity contribution in [3.05, 3.63) is 111 Å². The van der Waals surface area contributed by atoms with Gasteiger partial charge in [-0.1, -0.05) is 41.9 Å². The van der Waals surface area contributed by atoms with Gasteiger partial charge in [0, 0.05) is 55.8 Å². The first-order chi connectivity index (χ1) is 21.3. The minimum absolute atomic E-state index is 0.0649. The standard InChI is InChI=1S/C35H33ClN4O4/c1-23-27(6-4-7-29(23)30-8-5-9-31(24(30)2)35(42)40-12-10-39(3)11-13-40)22-44-34-16-33(28(20-41)15-32(34)36)43-21-26-14-25(17-37)18-38-19-26/h4-9,14-16,18-20H,10-13,21-22H2,1-3H3. The maximum absolute atomic E-state index is 13.4. The largest absolute Gasteiger partial charge is 0.488 e. The van der Waals surface area contributed by atoms with Gasteiger partial charge in [-0.25, -0.2) is 0 Å². The van der Waals surface area contributed by atoms with Crippen LogP contribution < -0.4 is 9.47 Å². The van der Waals surface area contributed by atoms with E-state index in [1.54, 1.807) is 18.3 Å². The average Bonchev–Trinajstić information content (AvgIpc) is 3.04. The Hall–Kier alpha value is -4.71. The van der Waals surface area contributed by atoms with Gasteiger partial charge in [0.05, 0.1) is 16.1 Å². The number of rotatable bonds is 9. The number of pyridine rings is 1. The van der Waals surface area contributed by atoms with Gasteiger partial charge in [0.2, 0.25) is 0 Å². The van der Waals surface area contributed by atoms with Gasteiger partial charge in [0.15, 0.2) is 6.29 Å². The molecule has 1 fully saturated rings. The summed E-state index contributed by atoms with van der Waals surface area (Å²) in [5.74, 6) is 0.747. The molecule has 4 aromatic rings. The van der Waals surface area contributed by atoms with Crippen LogP contribution in [0.1, 0.15) is 48.5 Å². The molecule has 1 amide bonds. The van der Waals surface area contributed by atoms with E-state index in [0.29, 0.717) is 28.9 Å². The Kier molecular flexibility index (Phi) is 9.59. The predicted octanol–water partition coefficient (Wildman–Crippen LogP) is 6.25. The van der Waals surface area contributed by atoms with Crippen LogP contribution >= 0.6 is 11.6 Å². The van der Waals surface area contributed by atoms with Crippen LogP contribution in [0.5, 0.6) is 11.5 Å². The highest BCUT2D eigenvalue weighted by atomic mass is 35.5. The summed E-state index contributed by atoms with van der Waals surface area (Å²) in [5, 5.41) is 9.41. The Morgan fingerprint density at radius 3 is 2.39 bits per heavy atom. The van der Waals surface area contributed by atoms with Crippen molar-refractivity contribution < 1.29 is 19.1 Å². The first-order valence-electron chi connectivity index (χ1n) is 14.3. The monoisotopic (exact) mass is 608 g/mol. The Balaban J connectivity index is 1.35. The smallest absolute Gasteiger partial charge is 0.254 e. The molecule has 5 rings (SSSR count). The normalized spacial score (nSPS) is 13.3. The van der Waals surface area contributed by atoms with Gasteiger partial charge in [-0.15, -0.1) is 0 Å². The molecule has 0 aliphatic carbocycles. The van der Waals surface area contributed by atoms with Crippen molar-refractivity contribution in [1.29, 1.82) is 5.26 Å². The molecule has 0 unspecified atom stereocenters. The fourth-order valence-electron chi connectivity index (χ4n) is 5.29. The average molecular weight is 609 g/mol. The molecule has 1 saturated heterocycles. The molecule has 44 heavy (non-hydrogen) atoms. The predicted molar refractivity (Wildman–Crippen MR) is 169 cm³/mol. The van der Waals surface area contributed by atoms with Gasteiger partial charge in [-0.05, 0) is 66.9 Å². The molecule has 1 aromatic heterocycles. The molecule has 0 atom stereocenters. The molecular formula is C35H33ClN4O4. The van der Waals surface area contributed by atoms with Crippen molar-refractivity contribution in [2.24, 2.45) is 0 Å². The van der Waals surface area contributed by atoms with Crippen molar-refractivity contribution >= 4 is 23.8 Å². The topological polar surface area (TPSA) is 95.8 Å². The second kappa shape index (κ2) is 13.7. The molecule has 1 aliphatic rings. The number of benzene rings is 3. The number of nitriles is 1. The van der Waals surface area contributed by atoms with Crippen molar-refractivity contribution in [3.8, 4) is 28.7 Å². The lowest BCUT2D eigenvalue weighted by molar-refractivity contribution is 0.0663. The number of hydrogen-bond donors (Lipinski definition) is 0. The van der Waals surface area contributed by atoms with Crippen molar-refractivity contribution in [2.45, 2.75) is 27.1 Å². The van der Waals surface area contributed by atoms with E-state index >= 15 is 0 Å². The molecule has 8 nitrogen and oxygen atoms in total. The third-order valence-corrected chi connectivity index (χ3v) is 8.28. The molecule has 224 valence electrons. The molecule has 1 aliphatic heterocycles. The highest BCUT2D eigenvalue weighted by Crippen LogP contribution is 2.35. The Morgan fingerprint density at radius 1 is 0.955 bits per heavy atom. The number of piperazine rings is 1. The zero-order valence-electron chi connectivity index (χ0n) is 25.0. The van der Waals surface area contributed by atoms with Crippen molar-refractivity contribution in [1.82, 2.24) is 14.8 Å². The van der Waals surface area contributed by atoms with E-state index in [1.165, 1.54) is 12.3 Å². The van der Waals surface area contributed by atoms with Crippen LogP contribution in [0.25, 0.3) is 11.1 Å². The summed E-state index contributed by atoms with van der Waals surface area (Å²) in [6, 6.07) is 18.8. The molecule has 0 N–H and O–H groups in total. The molecule has 0 bridgehead atoms. The van der Waals surface area contributed by atoms with Crippen LogP contribution in [0.15, 0.2) is 67.0 Å². The Morgan fingerprint density at radius 2 is 1.66 bits per heavy atom. The molecule has 2 heterocycles. The van der Waals surface area contributed by atoms with Crippen LogP contribution in [-0.2, 0) is 13.2 Å². The third-order valence-electron chi connectivity index (χ3n) is 7.98. The SMILES string of the molecule is Cc1c(COc2cc(OCc3cncc(C#N)c3)c(C=O)cc2Cl)cccc1-c1cccc(C(=O)N2CCN(C)CC2)c1C. The zero-order chi connectivity index (χ0) is 31.2. The van der Waals surface area contributed by atoms with Gasteiger partial charge >= 0.3 is 0 Å². The number of ether oxygens (including phenoxy) is 2. The van der Waals surface area contributed by atoms with Crippen molar-refractivity contribution in [3.63, 3.8) is 0 Å². The van der Waals surface area contributed by atoms with Crippen LogP contribution in [-0.4, -0.2) is 60.2 Å².